The number of nitrogens with zero attached hydrogens (tertiary/aromatic N) is 1. The summed E-state index contributed by atoms with van der Waals surface area (Å²) in [6.45, 7) is 12.3. The molecule has 0 spiro atoms. The number of aliphatic hydroxyl groups is 1. The van der Waals surface area contributed by atoms with E-state index in [4.69, 9.17) is 5.21 Å². The fraction of sp³-hybridized carbons (Fsp3) is 0.333. The van der Waals surface area contributed by atoms with Crippen LogP contribution >= 0.6 is 0 Å². The highest BCUT2D eigenvalue weighted by atomic mass is 16.5. The van der Waals surface area contributed by atoms with Crippen LogP contribution in [-0.4, -0.2) is 46.8 Å². The van der Waals surface area contributed by atoms with Gasteiger partial charge in [0.05, 0.1) is 0 Å². The van der Waals surface area contributed by atoms with E-state index in [9.17, 15) is 14.7 Å². The molecule has 1 atom stereocenters. The summed E-state index contributed by atoms with van der Waals surface area (Å²) in [6, 6.07) is 7.26. The number of carbonyl (C=O) groups is 2. The molecule has 0 saturated carbocycles. The van der Waals surface area contributed by atoms with Crippen LogP contribution < -0.4 is 10.8 Å². The van der Waals surface area contributed by atoms with Gasteiger partial charge in [0.15, 0.2) is 0 Å². The standard InChI is InChI=1S/C24H33N3O4/c1-5-7-21(23(29)26-31)12-9-19(3)16-27(15-6-8-20(4)17-28)24(30)25-22-13-10-18(2)11-14-22/h5,7,9-14,20,28,31H,1,3,6,8,15-17H2,2,4H3,(H,25,30)(H,26,29)/b12-9-,21-7+. The molecule has 0 aliphatic rings. The molecule has 1 aromatic rings. The van der Waals surface area contributed by atoms with Gasteiger partial charge in [-0.1, -0.05) is 49.9 Å². The zero-order valence-corrected chi connectivity index (χ0v) is 18.3. The Kier molecular flexibility index (Phi) is 11.6. The second kappa shape index (κ2) is 14.0. The van der Waals surface area contributed by atoms with Gasteiger partial charge in [0.1, 0.15) is 0 Å². The third-order valence-electron chi connectivity index (χ3n) is 4.58. The van der Waals surface area contributed by atoms with Crippen molar-refractivity contribution in [3.63, 3.8) is 0 Å². The molecule has 0 aromatic heterocycles. The van der Waals surface area contributed by atoms with Crippen LogP contribution in [0.4, 0.5) is 10.5 Å². The lowest BCUT2D eigenvalue weighted by atomic mass is 10.1. The number of nitrogens with one attached hydrogen (secondary N) is 2. The maximum Gasteiger partial charge on any atom is 0.322 e. The van der Waals surface area contributed by atoms with Gasteiger partial charge in [-0.15, -0.1) is 0 Å². The monoisotopic (exact) mass is 427 g/mol. The van der Waals surface area contributed by atoms with Gasteiger partial charge in [0, 0.05) is 31.0 Å². The zero-order chi connectivity index (χ0) is 23.2. The van der Waals surface area contributed by atoms with Crippen molar-refractivity contribution in [1.29, 1.82) is 0 Å². The molecule has 0 fully saturated rings. The van der Waals surface area contributed by atoms with E-state index in [1.54, 1.807) is 16.5 Å². The van der Waals surface area contributed by atoms with Gasteiger partial charge in [-0.25, -0.2) is 10.3 Å². The van der Waals surface area contributed by atoms with Crippen LogP contribution in [0.5, 0.6) is 0 Å². The summed E-state index contributed by atoms with van der Waals surface area (Å²) in [4.78, 5) is 26.1. The second-order valence-corrected chi connectivity index (χ2v) is 7.44. The summed E-state index contributed by atoms with van der Waals surface area (Å²) in [7, 11) is 0. The number of hydroxylamine groups is 1. The minimum Gasteiger partial charge on any atom is -0.396 e. The Hall–Kier alpha value is -3.16. The maximum absolute atomic E-state index is 12.9. The van der Waals surface area contributed by atoms with Crippen molar-refractivity contribution in [1.82, 2.24) is 10.4 Å². The van der Waals surface area contributed by atoms with Gasteiger partial charge in [0.25, 0.3) is 5.91 Å². The Balaban J connectivity index is 2.87. The smallest absolute Gasteiger partial charge is 0.322 e. The largest absolute Gasteiger partial charge is 0.396 e. The van der Waals surface area contributed by atoms with E-state index in [2.05, 4.69) is 18.5 Å². The number of aryl methyl sites for hydroxylation is 1. The minimum absolute atomic E-state index is 0.107. The summed E-state index contributed by atoms with van der Waals surface area (Å²) in [5.74, 6) is -0.510. The van der Waals surface area contributed by atoms with E-state index in [1.165, 1.54) is 18.2 Å². The van der Waals surface area contributed by atoms with Crippen LogP contribution in [-0.2, 0) is 4.79 Å². The molecule has 1 aromatic carbocycles. The van der Waals surface area contributed by atoms with E-state index < -0.39 is 5.91 Å². The molecule has 0 heterocycles. The molecule has 4 N–H and O–H groups in total. The molecule has 0 aliphatic heterocycles. The summed E-state index contributed by atoms with van der Waals surface area (Å²) in [5.41, 5.74) is 4.18. The predicted octanol–water partition coefficient (Wildman–Crippen LogP) is 3.97. The molecule has 7 nitrogen and oxygen atoms in total. The highest BCUT2D eigenvalue weighted by Crippen LogP contribution is 2.13. The Morgan fingerprint density at radius 3 is 2.48 bits per heavy atom. The van der Waals surface area contributed by atoms with E-state index >= 15 is 0 Å². The van der Waals surface area contributed by atoms with Crippen molar-refractivity contribution in [2.75, 3.05) is 25.0 Å². The van der Waals surface area contributed by atoms with Crippen LogP contribution in [0.2, 0.25) is 0 Å². The normalized spacial score (nSPS) is 12.3. The summed E-state index contributed by atoms with van der Waals surface area (Å²) in [6.07, 6.45) is 7.52. The maximum atomic E-state index is 12.9. The molecule has 7 heteroatoms. The number of carbonyl (C=O) groups excluding carboxylic acids is 2. The van der Waals surface area contributed by atoms with Crippen LogP contribution in [0.25, 0.3) is 0 Å². The fourth-order valence-corrected chi connectivity index (χ4v) is 2.72. The van der Waals surface area contributed by atoms with Crippen molar-refractivity contribution in [3.8, 4) is 0 Å². The zero-order valence-electron chi connectivity index (χ0n) is 18.3. The SMILES string of the molecule is C=C/C=C(\C=C/C(=C)CN(CCCC(C)CO)C(=O)Nc1ccc(C)cc1)C(=O)NO. The third kappa shape index (κ3) is 9.93. The first-order chi connectivity index (χ1) is 14.8. The molecule has 0 saturated heterocycles. The van der Waals surface area contributed by atoms with Gasteiger partial charge < -0.3 is 15.3 Å². The number of urea groups is 1. The van der Waals surface area contributed by atoms with Gasteiger partial charge in [-0.05, 0) is 55.5 Å². The molecule has 0 radical (unpaired) electrons. The number of allylic oxidation sites excluding steroid dienone is 2. The van der Waals surface area contributed by atoms with Gasteiger partial charge in [-0.3, -0.25) is 10.0 Å². The first kappa shape index (κ1) is 25.9. The molecule has 0 bridgehead atoms. The number of rotatable bonds is 12. The molecule has 3 amide bonds. The molecule has 0 aliphatic carbocycles. The molecule has 168 valence electrons. The summed E-state index contributed by atoms with van der Waals surface area (Å²) in [5, 5.41) is 20.9. The summed E-state index contributed by atoms with van der Waals surface area (Å²) < 4.78 is 0. The number of benzene rings is 1. The first-order valence-corrected chi connectivity index (χ1v) is 10.2. The average Bonchev–Trinajstić information content (AvgIpc) is 2.76. The number of hydrogen-bond acceptors (Lipinski definition) is 4. The van der Waals surface area contributed by atoms with Crippen LogP contribution in [0.3, 0.4) is 0 Å². The number of amides is 3. The Labute approximate surface area is 184 Å². The molecule has 31 heavy (non-hydrogen) atoms. The topological polar surface area (TPSA) is 102 Å². The van der Waals surface area contributed by atoms with Crippen molar-refractivity contribution in [2.45, 2.75) is 26.7 Å². The van der Waals surface area contributed by atoms with Gasteiger partial charge in [-0.2, -0.15) is 0 Å². The van der Waals surface area contributed by atoms with Crippen molar-refractivity contribution in [3.05, 3.63) is 78.4 Å². The van der Waals surface area contributed by atoms with Gasteiger partial charge >= 0.3 is 6.03 Å². The highest BCUT2D eigenvalue weighted by molar-refractivity contribution is 5.95. The van der Waals surface area contributed by atoms with Gasteiger partial charge in [0.2, 0.25) is 0 Å². The lowest BCUT2D eigenvalue weighted by Gasteiger charge is -2.24. The van der Waals surface area contributed by atoms with Crippen LogP contribution in [0.15, 0.2) is 72.9 Å². The van der Waals surface area contributed by atoms with Crippen LogP contribution in [0, 0.1) is 12.8 Å². The van der Waals surface area contributed by atoms with E-state index in [-0.39, 0.29) is 30.7 Å². The van der Waals surface area contributed by atoms with Crippen LogP contribution in [0.1, 0.15) is 25.3 Å². The van der Waals surface area contributed by atoms with E-state index in [0.29, 0.717) is 17.8 Å². The van der Waals surface area contributed by atoms with Crippen molar-refractivity contribution in [2.24, 2.45) is 5.92 Å². The van der Waals surface area contributed by atoms with Crippen molar-refractivity contribution >= 4 is 17.6 Å². The minimum atomic E-state index is -0.670. The highest BCUT2D eigenvalue weighted by Gasteiger charge is 2.15. The number of hydrogen-bond donors (Lipinski definition) is 4. The van der Waals surface area contributed by atoms with E-state index in [0.717, 1.165) is 18.4 Å². The number of anilines is 1. The van der Waals surface area contributed by atoms with E-state index in [1.807, 2.05) is 38.1 Å². The molecule has 1 rings (SSSR count). The second-order valence-electron chi connectivity index (χ2n) is 7.44. The lowest BCUT2D eigenvalue weighted by molar-refractivity contribution is -0.124. The first-order valence-electron chi connectivity index (χ1n) is 10.2. The Morgan fingerprint density at radius 1 is 1.23 bits per heavy atom. The molecule has 1 unspecified atom stereocenters. The predicted molar refractivity (Wildman–Crippen MR) is 124 cm³/mol. The molecular formula is C24H33N3O4. The Morgan fingerprint density at radius 2 is 1.90 bits per heavy atom. The lowest BCUT2D eigenvalue weighted by Crippen LogP contribution is -2.37. The molecular weight excluding hydrogens is 394 g/mol. The number of aliphatic hydroxyl groups excluding tert-OH is 1. The average molecular weight is 428 g/mol. The van der Waals surface area contributed by atoms with Crippen molar-refractivity contribution < 1.29 is 19.9 Å². The Bertz CT molecular complexity index is 813. The third-order valence-corrected chi connectivity index (χ3v) is 4.58. The fourth-order valence-electron chi connectivity index (χ4n) is 2.72. The quantitative estimate of drug-likeness (QED) is 0.175. The summed E-state index contributed by atoms with van der Waals surface area (Å²) >= 11 is 0.